The molecule has 2 N–H and O–H groups in total. The van der Waals surface area contributed by atoms with Crippen LogP contribution in [0, 0.1) is 0 Å². The number of hydrogen-bond donors (Lipinski definition) is 2. The standard InChI is InChI=1S/C18H15N5OS/c24-18(15-8-14(21-22-15)16-6-3-7-25-16)23-9-11(10-23)17-19-12-4-1-2-5-13(12)20-17/h1-8,11H,9-10H2,(H,19,20)(H,21,22). The van der Waals surface area contributed by atoms with Crippen LogP contribution in [0.2, 0.25) is 0 Å². The lowest BCUT2D eigenvalue weighted by Crippen LogP contribution is -2.48. The molecule has 3 aromatic heterocycles. The van der Waals surface area contributed by atoms with Gasteiger partial charge < -0.3 is 9.88 Å². The molecule has 4 aromatic rings. The highest BCUT2D eigenvalue weighted by atomic mass is 32.1. The van der Waals surface area contributed by atoms with Crippen LogP contribution in [-0.2, 0) is 0 Å². The number of aromatic amines is 2. The third kappa shape index (κ3) is 2.44. The molecule has 0 unspecified atom stereocenters. The molecule has 0 radical (unpaired) electrons. The zero-order chi connectivity index (χ0) is 16.8. The van der Waals surface area contributed by atoms with Crippen LogP contribution in [0.5, 0.6) is 0 Å². The third-order valence-corrected chi connectivity index (χ3v) is 5.45. The highest BCUT2D eigenvalue weighted by Crippen LogP contribution is 2.29. The smallest absolute Gasteiger partial charge is 0.274 e. The number of imidazole rings is 1. The predicted octanol–water partition coefficient (Wildman–Crippen LogP) is 3.25. The highest BCUT2D eigenvalue weighted by molar-refractivity contribution is 7.13. The van der Waals surface area contributed by atoms with Crippen LogP contribution in [0.25, 0.3) is 21.6 Å². The van der Waals surface area contributed by atoms with Crippen molar-refractivity contribution in [1.82, 2.24) is 25.1 Å². The van der Waals surface area contributed by atoms with E-state index < -0.39 is 0 Å². The van der Waals surface area contributed by atoms with Crippen LogP contribution < -0.4 is 0 Å². The van der Waals surface area contributed by atoms with Gasteiger partial charge >= 0.3 is 0 Å². The van der Waals surface area contributed by atoms with Gasteiger partial charge in [0.25, 0.3) is 5.91 Å². The summed E-state index contributed by atoms with van der Waals surface area (Å²) in [7, 11) is 0. The molecule has 5 rings (SSSR count). The number of aromatic nitrogens is 4. The first-order chi connectivity index (χ1) is 12.3. The van der Waals surface area contributed by atoms with Gasteiger partial charge in [0, 0.05) is 13.1 Å². The number of carbonyl (C=O) groups is 1. The van der Waals surface area contributed by atoms with Gasteiger partial charge in [-0.2, -0.15) is 5.10 Å². The Hall–Kier alpha value is -2.93. The van der Waals surface area contributed by atoms with Gasteiger partial charge in [0.15, 0.2) is 5.69 Å². The Morgan fingerprint density at radius 2 is 2.08 bits per heavy atom. The monoisotopic (exact) mass is 349 g/mol. The molecular weight excluding hydrogens is 334 g/mol. The zero-order valence-corrected chi connectivity index (χ0v) is 14.1. The maximum Gasteiger partial charge on any atom is 0.274 e. The van der Waals surface area contributed by atoms with Gasteiger partial charge in [-0.3, -0.25) is 9.89 Å². The molecule has 1 aliphatic rings. The second kappa shape index (κ2) is 5.56. The van der Waals surface area contributed by atoms with Crippen LogP contribution in [0.4, 0.5) is 0 Å². The fraction of sp³-hybridized carbons (Fsp3) is 0.167. The molecule has 1 aromatic carbocycles. The summed E-state index contributed by atoms with van der Waals surface area (Å²) in [6, 6.07) is 13.8. The number of fused-ring (bicyclic) bond motifs is 1. The fourth-order valence-corrected chi connectivity index (χ4v) is 3.83. The minimum atomic E-state index is -0.0357. The Kier molecular flexibility index (Phi) is 3.21. The summed E-state index contributed by atoms with van der Waals surface area (Å²) in [5.41, 5.74) is 3.35. The number of H-pyrrole nitrogens is 2. The molecule has 6 nitrogen and oxygen atoms in total. The van der Waals surface area contributed by atoms with E-state index >= 15 is 0 Å². The number of amides is 1. The number of likely N-dealkylation sites (tertiary alicyclic amines) is 1. The second-order valence-corrected chi connectivity index (χ2v) is 7.14. The summed E-state index contributed by atoms with van der Waals surface area (Å²) < 4.78 is 0. The summed E-state index contributed by atoms with van der Waals surface area (Å²) in [4.78, 5) is 23.4. The first-order valence-corrected chi connectivity index (χ1v) is 8.99. The summed E-state index contributed by atoms with van der Waals surface area (Å²) >= 11 is 1.62. The molecular formula is C18H15N5OS. The van der Waals surface area contributed by atoms with Crippen molar-refractivity contribution >= 4 is 28.3 Å². The average molecular weight is 349 g/mol. The van der Waals surface area contributed by atoms with Crippen molar-refractivity contribution in [3.63, 3.8) is 0 Å². The van der Waals surface area contributed by atoms with Gasteiger partial charge in [-0.05, 0) is 29.6 Å². The molecule has 0 saturated carbocycles. The molecule has 0 aliphatic carbocycles. The molecule has 0 atom stereocenters. The number of para-hydroxylation sites is 2. The lowest BCUT2D eigenvalue weighted by atomic mass is 9.99. The Balaban J connectivity index is 1.29. The van der Waals surface area contributed by atoms with Gasteiger partial charge in [-0.15, -0.1) is 11.3 Å². The van der Waals surface area contributed by atoms with Crippen LogP contribution in [0.15, 0.2) is 47.8 Å². The molecule has 25 heavy (non-hydrogen) atoms. The number of benzene rings is 1. The van der Waals surface area contributed by atoms with Gasteiger partial charge in [0.2, 0.25) is 0 Å². The first kappa shape index (κ1) is 14.4. The van der Waals surface area contributed by atoms with Crippen LogP contribution in [0.3, 0.4) is 0 Å². The molecule has 1 aliphatic heterocycles. The third-order valence-electron chi connectivity index (χ3n) is 4.55. The van der Waals surface area contributed by atoms with E-state index in [9.17, 15) is 4.79 Å². The number of hydrogen-bond acceptors (Lipinski definition) is 4. The molecule has 1 saturated heterocycles. The number of thiophene rings is 1. The molecule has 4 heterocycles. The lowest BCUT2D eigenvalue weighted by Gasteiger charge is -2.37. The van der Waals surface area contributed by atoms with Crippen molar-refractivity contribution in [2.45, 2.75) is 5.92 Å². The van der Waals surface area contributed by atoms with E-state index in [1.807, 2.05) is 52.7 Å². The van der Waals surface area contributed by atoms with E-state index in [0.29, 0.717) is 18.8 Å². The van der Waals surface area contributed by atoms with E-state index in [1.165, 1.54) is 0 Å². The maximum absolute atomic E-state index is 12.6. The van der Waals surface area contributed by atoms with E-state index in [4.69, 9.17) is 0 Å². The normalized spacial score (nSPS) is 14.8. The quantitative estimate of drug-likeness (QED) is 0.596. The van der Waals surface area contributed by atoms with Crippen LogP contribution >= 0.6 is 11.3 Å². The van der Waals surface area contributed by atoms with Gasteiger partial charge in [-0.25, -0.2) is 4.98 Å². The van der Waals surface area contributed by atoms with Crippen molar-refractivity contribution in [2.75, 3.05) is 13.1 Å². The highest BCUT2D eigenvalue weighted by Gasteiger charge is 2.35. The Morgan fingerprint density at radius 3 is 2.88 bits per heavy atom. The van der Waals surface area contributed by atoms with Crippen molar-refractivity contribution in [1.29, 1.82) is 0 Å². The molecule has 0 spiro atoms. The fourth-order valence-electron chi connectivity index (χ4n) is 3.13. The average Bonchev–Trinajstić information content (AvgIpc) is 3.32. The summed E-state index contributed by atoms with van der Waals surface area (Å²) in [6.07, 6.45) is 0. The molecule has 0 bridgehead atoms. The zero-order valence-electron chi connectivity index (χ0n) is 13.3. The summed E-state index contributed by atoms with van der Waals surface area (Å²) in [6.45, 7) is 1.33. The van der Waals surface area contributed by atoms with Crippen molar-refractivity contribution < 1.29 is 4.79 Å². The van der Waals surface area contributed by atoms with E-state index in [1.54, 1.807) is 11.3 Å². The Bertz CT molecular complexity index is 1010. The number of nitrogens with zero attached hydrogens (tertiary/aromatic N) is 3. The summed E-state index contributed by atoms with van der Waals surface area (Å²) in [5.74, 6) is 1.17. The number of nitrogens with one attached hydrogen (secondary N) is 2. The molecule has 7 heteroatoms. The van der Waals surface area contributed by atoms with Crippen molar-refractivity contribution in [2.24, 2.45) is 0 Å². The SMILES string of the molecule is O=C(c1cc(-c2cccs2)[nH]n1)N1CC(c2nc3ccccc3[nH]2)C1. The predicted molar refractivity (Wildman–Crippen MR) is 96.6 cm³/mol. The summed E-state index contributed by atoms with van der Waals surface area (Å²) in [5, 5.41) is 9.13. The van der Waals surface area contributed by atoms with E-state index in [0.717, 1.165) is 27.4 Å². The van der Waals surface area contributed by atoms with Gasteiger partial charge in [0.1, 0.15) is 5.82 Å². The Morgan fingerprint density at radius 1 is 1.20 bits per heavy atom. The van der Waals surface area contributed by atoms with Gasteiger partial charge in [-0.1, -0.05) is 18.2 Å². The maximum atomic E-state index is 12.6. The first-order valence-electron chi connectivity index (χ1n) is 8.11. The van der Waals surface area contributed by atoms with E-state index in [-0.39, 0.29) is 11.8 Å². The number of carbonyl (C=O) groups excluding carboxylic acids is 1. The lowest BCUT2D eigenvalue weighted by molar-refractivity contribution is 0.0589. The molecule has 1 amide bonds. The number of rotatable bonds is 3. The minimum Gasteiger partial charge on any atom is -0.342 e. The largest absolute Gasteiger partial charge is 0.342 e. The van der Waals surface area contributed by atoms with Gasteiger partial charge in [0.05, 0.1) is 27.5 Å². The molecule has 124 valence electrons. The molecule has 1 fully saturated rings. The van der Waals surface area contributed by atoms with Crippen LogP contribution in [0.1, 0.15) is 22.2 Å². The van der Waals surface area contributed by atoms with Crippen molar-refractivity contribution in [3.05, 3.63) is 59.4 Å². The topological polar surface area (TPSA) is 77.7 Å². The van der Waals surface area contributed by atoms with E-state index in [2.05, 4.69) is 20.2 Å². The minimum absolute atomic E-state index is 0.0357. The Labute approximate surface area is 147 Å². The second-order valence-electron chi connectivity index (χ2n) is 6.19. The van der Waals surface area contributed by atoms with Crippen molar-refractivity contribution in [3.8, 4) is 10.6 Å². The van der Waals surface area contributed by atoms with Crippen LogP contribution in [-0.4, -0.2) is 44.1 Å².